The van der Waals surface area contributed by atoms with Crippen molar-refractivity contribution in [1.29, 1.82) is 0 Å². The standard InChI is InChI=1S/C14H21N3O3S/c1-16(2)13-6-4-12(5-7-13)10-15-14(18)11-17-8-3-9-21(17,19)20/h4-7H,3,8-11H2,1-2H3,(H,15,18). The quantitative estimate of drug-likeness (QED) is 0.855. The molecule has 1 aliphatic rings. The van der Waals surface area contributed by atoms with Gasteiger partial charge in [-0.05, 0) is 24.1 Å². The van der Waals surface area contributed by atoms with Crippen molar-refractivity contribution in [2.24, 2.45) is 0 Å². The van der Waals surface area contributed by atoms with Crippen molar-refractivity contribution in [1.82, 2.24) is 9.62 Å². The van der Waals surface area contributed by atoms with Crippen molar-refractivity contribution in [3.05, 3.63) is 29.8 Å². The van der Waals surface area contributed by atoms with Gasteiger partial charge in [0.2, 0.25) is 15.9 Å². The number of amides is 1. The smallest absolute Gasteiger partial charge is 0.235 e. The molecule has 1 fully saturated rings. The largest absolute Gasteiger partial charge is 0.378 e. The number of anilines is 1. The third-order valence-corrected chi connectivity index (χ3v) is 5.37. The maximum Gasteiger partial charge on any atom is 0.235 e. The molecular weight excluding hydrogens is 290 g/mol. The van der Waals surface area contributed by atoms with Crippen LogP contribution in [0, 0.1) is 0 Å². The summed E-state index contributed by atoms with van der Waals surface area (Å²) in [5.41, 5.74) is 2.08. The minimum atomic E-state index is -3.21. The Labute approximate surface area is 125 Å². The van der Waals surface area contributed by atoms with E-state index in [0.717, 1.165) is 11.3 Å². The zero-order valence-corrected chi connectivity index (χ0v) is 13.2. The van der Waals surface area contributed by atoms with Crippen molar-refractivity contribution in [2.75, 3.05) is 37.8 Å². The van der Waals surface area contributed by atoms with Crippen LogP contribution in [-0.4, -0.2) is 51.6 Å². The van der Waals surface area contributed by atoms with Gasteiger partial charge in [0.25, 0.3) is 0 Å². The van der Waals surface area contributed by atoms with E-state index in [-0.39, 0.29) is 18.2 Å². The second kappa shape index (κ2) is 6.44. The minimum Gasteiger partial charge on any atom is -0.378 e. The Kier molecular flexibility index (Phi) is 4.84. The Morgan fingerprint density at radius 3 is 2.48 bits per heavy atom. The molecule has 7 heteroatoms. The lowest BCUT2D eigenvalue weighted by Gasteiger charge is -2.15. The van der Waals surface area contributed by atoms with Gasteiger partial charge in [-0.2, -0.15) is 4.31 Å². The molecule has 1 saturated heterocycles. The average molecular weight is 311 g/mol. The highest BCUT2D eigenvalue weighted by atomic mass is 32.2. The van der Waals surface area contributed by atoms with Gasteiger partial charge in [-0.15, -0.1) is 0 Å². The second-order valence-corrected chi connectivity index (χ2v) is 7.43. The summed E-state index contributed by atoms with van der Waals surface area (Å²) in [6, 6.07) is 7.85. The fraction of sp³-hybridized carbons (Fsp3) is 0.500. The number of carbonyl (C=O) groups excluding carboxylic acids is 1. The first-order valence-electron chi connectivity index (χ1n) is 6.89. The molecule has 0 unspecified atom stereocenters. The summed E-state index contributed by atoms with van der Waals surface area (Å²) >= 11 is 0. The van der Waals surface area contributed by atoms with Crippen LogP contribution in [0.1, 0.15) is 12.0 Å². The highest BCUT2D eigenvalue weighted by Crippen LogP contribution is 2.13. The Hall–Kier alpha value is -1.60. The number of nitrogens with one attached hydrogen (secondary N) is 1. The highest BCUT2D eigenvalue weighted by molar-refractivity contribution is 7.89. The average Bonchev–Trinajstić information content (AvgIpc) is 2.76. The van der Waals surface area contributed by atoms with E-state index in [1.807, 2.05) is 43.3 Å². The van der Waals surface area contributed by atoms with Crippen LogP contribution in [0.5, 0.6) is 0 Å². The zero-order chi connectivity index (χ0) is 15.5. The molecule has 21 heavy (non-hydrogen) atoms. The Balaban J connectivity index is 1.84. The van der Waals surface area contributed by atoms with Gasteiger partial charge >= 0.3 is 0 Å². The zero-order valence-electron chi connectivity index (χ0n) is 12.4. The molecule has 0 spiro atoms. The molecule has 1 aromatic carbocycles. The molecule has 0 saturated carbocycles. The normalized spacial score (nSPS) is 17.6. The Morgan fingerprint density at radius 2 is 1.95 bits per heavy atom. The fourth-order valence-electron chi connectivity index (χ4n) is 2.20. The predicted octanol–water partition coefficient (Wildman–Crippen LogP) is 0.404. The number of hydrogen-bond donors (Lipinski definition) is 1. The summed E-state index contributed by atoms with van der Waals surface area (Å²) in [5, 5.41) is 2.75. The predicted molar refractivity (Wildman–Crippen MR) is 82.6 cm³/mol. The van der Waals surface area contributed by atoms with E-state index in [1.165, 1.54) is 4.31 Å². The fourth-order valence-corrected chi connectivity index (χ4v) is 3.67. The maximum atomic E-state index is 11.8. The molecule has 0 radical (unpaired) electrons. The van der Waals surface area contributed by atoms with Crippen LogP contribution in [-0.2, 0) is 21.4 Å². The topological polar surface area (TPSA) is 69.7 Å². The molecule has 6 nitrogen and oxygen atoms in total. The summed E-state index contributed by atoms with van der Waals surface area (Å²) in [5.74, 6) is -0.121. The minimum absolute atomic E-state index is 0.0852. The SMILES string of the molecule is CN(C)c1ccc(CNC(=O)CN2CCCS2(=O)=O)cc1. The Bertz CT molecular complexity index is 596. The second-order valence-electron chi connectivity index (χ2n) is 5.34. The van der Waals surface area contributed by atoms with E-state index < -0.39 is 10.0 Å². The molecule has 1 heterocycles. The van der Waals surface area contributed by atoms with Crippen molar-refractivity contribution in [3.8, 4) is 0 Å². The van der Waals surface area contributed by atoms with Crippen LogP contribution in [0.2, 0.25) is 0 Å². The van der Waals surface area contributed by atoms with E-state index in [0.29, 0.717) is 19.5 Å². The number of rotatable bonds is 5. The number of carbonyl (C=O) groups is 1. The first kappa shape index (κ1) is 15.8. The number of nitrogens with zero attached hydrogens (tertiary/aromatic N) is 2. The third-order valence-electron chi connectivity index (χ3n) is 3.47. The molecule has 116 valence electrons. The molecule has 1 aromatic rings. The summed E-state index contributed by atoms with van der Waals surface area (Å²) in [6.45, 7) is 0.756. The van der Waals surface area contributed by atoms with Crippen LogP contribution in [0.15, 0.2) is 24.3 Å². The van der Waals surface area contributed by atoms with Crippen molar-refractivity contribution in [3.63, 3.8) is 0 Å². The monoisotopic (exact) mass is 311 g/mol. The molecule has 0 aliphatic carbocycles. The van der Waals surface area contributed by atoms with Crippen LogP contribution >= 0.6 is 0 Å². The molecule has 1 aliphatic heterocycles. The lowest BCUT2D eigenvalue weighted by atomic mass is 10.2. The first-order valence-corrected chi connectivity index (χ1v) is 8.50. The van der Waals surface area contributed by atoms with Crippen LogP contribution in [0.3, 0.4) is 0 Å². The van der Waals surface area contributed by atoms with Crippen molar-refractivity contribution >= 4 is 21.6 Å². The van der Waals surface area contributed by atoms with Gasteiger partial charge in [-0.3, -0.25) is 4.79 Å². The Morgan fingerprint density at radius 1 is 1.29 bits per heavy atom. The van der Waals surface area contributed by atoms with Crippen LogP contribution in [0.4, 0.5) is 5.69 Å². The lowest BCUT2D eigenvalue weighted by molar-refractivity contribution is -0.121. The molecule has 2 rings (SSSR count). The van der Waals surface area contributed by atoms with Gasteiger partial charge in [-0.1, -0.05) is 12.1 Å². The first-order chi connectivity index (χ1) is 9.88. The molecule has 1 amide bonds. The van der Waals surface area contributed by atoms with Gasteiger partial charge in [0.15, 0.2) is 0 Å². The number of sulfonamides is 1. The number of hydrogen-bond acceptors (Lipinski definition) is 4. The van der Waals surface area contributed by atoms with Gasteiger partial charge in [0, 0.05) is 32.9 Å². The van der Waals surface area contributed by atoms with Gasteiger partial charge in [-0.25, -0.2) is 8.42 Å². The molecular formula is C14H21N3O3S. The van der Waals surface area contributed by atoms with Crippen LogP contribution < -0.4 is 10.2 Å². The van der Waals surface area contributed by atoms with Gasteiger partial charge in [0.1, 0.15) is 0 Å². The van der Waals surface area contributed by atoms with Crippen molar-refractivity contribution < 1.29 is 13.2 Å². The summed E-state index contributed by atoms with van der Waals surface area (Å²) in [6.07, 6.45) is 0.599. The third kappa shape index (κ3) is 4.18. The van der Waals surface area contributed by atoms with E-state index >= 15 is 0 Å². The molecule has 0 aromatic heterocycles. The van der Waals surface area contributed by atoms with E-state index in [2.05, 4.69) is 5.32 Å². The lowest BCUT2D eigenvalue weighted by Crippen LogP contribution is -2.37. The van der Waals surface area contributed by atoms with Crippen LogP contribution in [0.25, 0.3) is 0 Å². The number of benzene rings is 1. The van der Waals surface area contributed by atoms with E-state index in [4.69, 9.17) is 0 Å². The van der Waals surface area contributed by atoms with Gasteiger partial charge < -0.3 is 10.2 Å². The maximum absolute atomic E-state index is 11.8. The summed E-state index contributed by atoms with van der Waals surface area (Å²) in [7, 11) is 0.718. The molecule has 0 atom stereocenters. The molecule has 1 N–H and O–H groups in total. The highest BCUT2D eigenvalue weighted by Gasteiger charge is 2.29. The summed E-state index contributed by atoms with van der Waals surface area (Å²) < 4.78 is 24.5. The van der Waals surface area contributed by atoms with E-state index in [9.17, 15) is 13.2 Å². The van der Waals surface area contributed by atoms with Crippen molar-refractivity contribution in [2.45, 2.75) is 13.0 Å². The van der Waals surface area contributed by atoms with Gasteiger partial charge in [0.05, 0.1) is 12.3 Å². The summed E-state index contributed by atoms with van der Waals surface area (Å²) in [4.78, 5) is 13.8. The molecule has 0 bridgehead atoms. The van der Waals surface area contributed by atoms with E-state index in [1.54, 1.807) is 0 Å².